The third-order valence-corrected chi connectivity index (χ3v) is 1.40. The summed E-state index contributed by atoms with van der Waals surface area (Å²) in [5, 5.41) is 0. The zero-order valence-corrected chi connectivity index (χ0v) is 7.38. The predicted molar refractivity (Wildman–Crippen MR) is 34.6 cm³/mol. The number of halogens is 6. The van der Waals surface area contributed by atoms with Crippen molar-refractivity contribution in [3.05, 3.63) is 0 Å². The molecule has 2 nitrogen and oxygen atoms in total. The van der Waals surface area contributed by atoms with Gasteiger partial charge in [-0.25, -0.2) is 0 Å². The lowest BCUT2D eigenvalue weighted by molar-refractivity contribution is -0.172. The highest BCUT2D eigenvalue weighted by Crippen LogP contribution is 2.26. The summed E-state index contributed by atoms with van der Waals surface area (Å²) in [6, 6.07) is 0. The van der Waals surface area contributed by atoms with Gasteiger partial charge in [-0.15, -0.1) is 0 Å². The van der Waals surface area contributed by atoms with E-state index < -0.39 is 29.0 Å². The van der Waals surface area contributed by atoms with Crippen LogP contribution in [0.4, 0.5) is 22.0 Å². The first-order chi connectivity index (χ1) is 5.55. The molecule has 0 aromatic rings. The summed E-state index contributed by atoms with van der Waals surface area (Å²) < 4.78 is 58.1. The van der Waals surface area contributed by atoms with Gasteiger partial charge in [-0.3, -0.25) is 9.59 Å². The van der Waals surface area contributed by atoms with E-state index in [1.165, 1.54) is 15.9 Å². The van der Waals surface area contributed by atoms with E-state index in [1.54, 1.807) is 0 Å². The number of hydrogen-bond acceptors (Lipinski definition) is 2. The summed E-state index contributed by atoms with van der Waals surface area (Å²) in [6.45, 7) is 0. The van der Waals surface area contributed by atoms with Crippen molar-refractivity contribution in [3.63, 3.8) is 0 Å². The maximum atomic E-state index is 11.9. The van der Waals surface area contributed by atoms with Crippen molar-refractivity contribution >= 4 is 27.5 Å². The molecule has 0 saturated heterocycles. The van der Waals surface area contributed by atoms with Gasteiger partial charge in [0, 0.05) is 0 Å². The zero-order chi connectivity index (χ0) is 10.9. The number of carbonyl (C=O) groups excluding carboxylic acids is 2. The van der Waals surface area contributed by atoms with E-state index in [4.69, 9.17) is 0 Å². The Morgan fingerprint density at radius 2 is 1.38 bits per heavy atom. The Morgan fingerprint density at radius 3 is 1.62 bits per heavy atom. The lowest BCUT2D eigenvalue weighted by Crippen LogP contribution is -2.30. The Hall–Kier alpha value is -0.530. The van der Waals surface area contributed by atoms with Crippen LogP contribution in [0.2, 0.25) is 0 Å². The highest BCUT2D eigenvalue weighted by atomic mass is 79.9. The number of ketones is 2. The molecule has 8 heteroatoms. The van der Waals surface area contributed by atoms with E-state index in [0.717, 1.165) is 0 Å². The van der Waals surface area contributed by atoms with Crippen LogP contribution in [-0.2, 0) is 9.59 Å². The van der Waals surface area contributed by atoms with Crippen molar-refractivity contribution in [2.45, 2.75) is 17.4 Å². The molecular weight excluding hydrogens is 267 g/mol. The van der Waals surface area contributed by atoms with Crippen LogP contribution >= 0.6 is 15.9 Å². The summed E-state index contributed by atoms with van der Waals surface area (Å²) in [7, 11) is 0. The van der Waals surface area contributed by atoms with Crippen molar-refractivity contribution < 1.29 is 31.5 Å². The Kier molecular flexibility index (Phi) is 3.54. The second kappa shape index (κ2) is 3.69. The lowest BCUT2D eigenvalue weighted by atomic mass is 10.2. The number of hydrogen-bond donors (Lipinski definition) is 0. The standard InChI is InChI=1S/C5H2BrF5O2/c6-4(7,8)2(12)1-3(13)5(9,10)11/h1H2. The van der Waals surface area contributed by atoms with Crippen LogP contribution in [0.1, 0.15) is 6.42 Å². The molecule has 0 spiro atoms. The summed E-state index contributed by atoms with van der Waals surface area (Å²) in [5.41, 5.74) is 0. The van der Waals surface area contributed by atoms with Gasteiger partial charge in [-0.05, 0) is 15.9 Å². The molecule has 76 valence electrons. The number of Topliss-reactive ketones (excluding diaryl/α,β-unsaturated/α-hetero) is 2. The third-order valence-electron chi connectivity index (χ3n) is 0.953. The van der Waals surface area contributed by atoms with Crippen molar-refractivity contribution in [2.75, 3.05) is 0 Å². The van der Waals surface area contributed by atoms with Crippen LogP contribution in [0.25, 0.3) is 0 Å². The van der Waals surface area contributed by atoms with Gasteiger partial charge < -0.3 is 0 Å². The maximum Gasteiger partial charge on any atom is 0.450 e. The minimum Gasteiger partial charge on any atom is -0.291 e. The average Bonchev–Trinajstić information content (AvgIpc) is 1.82. The Labute approximate surface area is 77.2 Å². The Balaban J connectivity index is 4.34. The molecule has 0 amide bonds. The fraction of sp³-hybridized carbons (Fsp3) is 0.600. The second-order valence-electron chi connectivity index (χ2n) is 2.02. The van der Waals surface area contributed by atoms with Gasteiger partial charge >= 0.3 is 11.0 Å². The van der Waals surface area contributed by atoms with Crippen molar-refractivity contribution in [1.29, 1.82) is 0 Å². The van der Waals surface area contributed by atoms with E-state index in [0.29, 0.717) is 0 Å². The monoisotopic (exact) mass is 268 g/mol. The van der Waals surface area contributed by atoms with Crippen LogP contribution in [-0.4, -0.2) is 22.6 Å². The van der Waals surface area contributed by atoms with E-state index in [1.807, 2.05) is 0 Å². The van der Waals surface area contributed by atoms with Gasteiger partial charge in [0.1, 0.15) is 0 Å². The van der Waals surface area contributed by atoms with Crippen LogP contribution in [0.5, 0.6) is 0 Å². The quantitative estimate of drug-likeness (QED) is 0.446. The summed E-state index contributed by atoms with van der Waals surface area (Å²) in [4.78, 5) is 16.1. The molecule has 0 atom stereocenters. The Morgan fingerprint density at radius 1 is 1.00 bits per heavy atom. The van der Waals surface area contributed by atoms with Gasteiger partial charge in [0.2, 0.25) is 11.6 Å². The number of carbonyl (C=O) groups is 2. The zero-order valence-electron chi connectivity index (χ0n) is 5.79. The van der Waals surface area contributed by atoms with Gasteiger partial charge in [-0.1, -0.05) is 0 Å². The van der Waals surface area contributed by atoms with Crippen molar-refractivity contribution in [3.8, 4) is 0 Å². The maximum absolute atomic E-state index is 11.9. The second-order valence-corrected chi connectivity index (χ2v) is 3.01. The molecular formula is C5H2BrF5O2. The minimum atomic E-state index is -5.26. The highest BCUT2D eigenvalue weighted by Gasteiger charge is 2.44. The fourth-order valence-electron chi connectivity index (χ4n) is 0.346. The Bertz CT molecular complexity index is 204. The first-order valence-electron chi connectivity index (χ1n) is 2.75. The molecule has 0 radical (unpaired) electrons. The SMILES string of the molecule is O=C(CC(=O)C(F)(F)Br)C(F)(F)F. The largest absolute Gasteiger partial charge is 0.450 e. The molecule has 0 aromatic carbocycles. The lowest BCUT2D eigenvalue weighted by Gasteiger charge is -2.07. The smallest absolute Gasteiger partial charge is 0.291 e. The van der Waals surface area contributed by atoms with Crippen LogP contribution < -0.4 is 0 Å². The van der Waals surface area contributed by atoms with Crippen LogP contribution in [0.15, 0.2) is 0 Å². The predicted octanol–water partition coefficient (Wildman–Crippen LogP) is 2.06. The van der Waals surface area contributed by atoms with E-state index in [-0.39, 0.29) is 0 Å². The molecule has 13 heavy (non-hydrogen) atoms. The first-order valence-corrected chi connectivity index (χ1v) is 3.54. The van der Waals surface area contributed by atoms with E-state index >= 15 is 0 Å². The number of rotatable bonds is 3. The summed E-state index contributed by atoms with van der Waals surface area (Å²) in [6.07, 6.45) is -7.12. The first kappa shape index (κ1) is 12.5. The van der Waals surface area contributed by atoms with Gasteiger partial charge in [0.25, 0.3) is 0 Å². The van der Waals surface area contributed by atoms with Crippen LogP contribution in [0, 0.1) is 0 Å². The molecule has 0 fully saturated rings. The number of alkyl halides is 6. The average molecular weight is 269 g/mol. The molecule has 0 bridgehead atoms. The van der Waals surface area contributed by atoms with Gasteiger partial charge in [0.05, 0.1) is 6.42 Å². The minimum absolute atomic E-state index is 1.54. The van der Waals surface area contributed by atoms with Crippen molar-refractivity contribution in [1.82, 2.24) is 0 Å². The normalized spacial score (nSPS) is 12.8. The molecule has 0 heterocycles. The molecule has 0 aliphatic carbocycles. The van der Waals surface area contributed by atoms with Gasteiger partial charge in [-0.2, -0.15) is 22.0 Å². The molecule has 0 unspecified atom stereocenters. The molecule has 0 rings (SSSR count). The highest BCUT2D eigenvalue weighted by molar-refractivity contribution is 9.10. The van der Waals surface area contributed by atoms with Gasteiger partial charge in [0.15, 0.2) is 0 Å². The summed E-state index contributed by atoms with van der Waals surface area (Å²) in [5.74, 6) is -4.61. The summed E-state index contributed by atoms with van der Waals surface area (Å²) >= 11 is 1.54. The van der Waals surface area contributed by atoms with E-state index in [2.05, 4.69) is 0 Å². The fourth-order valence-corrected chi connectivity index (χ4v) is 0.486. The topological polar surface area (TPSA) is 34.1 Å². The molecule has 0 N–H and O–H groups in total. The van der Waals surface area contributed by atoms with E-state index in [9.17, 15) is 31.5 Å². The molecule has 0 aromatic heterocycles. The molecule has 0 saturated carbocycles. The molecule has 0 aliphatic rings. The third kappa shape index (κ3) is 4.30. The van der Waals surface area contributed by atoms with Crippen LogP contribution in [0.3, 0.4) is 0 Å². The van der Waals surface area contributed by atoms with Crippen molar-refractivity contribution in [2.24, 2.45) is 0 Å². The molecule has 0 aliphatic heterocycles.